The molecule has 1 heterocycles. The molecule has 1 saturated heterocycles. The van der Waals surface area contributed by atoms with Gasteiger partial charge in [-0.25, -0.2) is 0 Å². The molecule has 0 amide bonds. The highest BCUT2D eigenvalue weighted by molar-refractivity contribution is 7.87. The van der Waals surface area contributed by atoms with Crippen molar-refractivity contribution < 1.29 is 17.0 Å². The van der Waals surface area contributed by atoms with E-state index in [-0.39, 0.29) is 0 Å². The van der Waals surface area contributed by atoms with Crippen molar-refractivity contribution in [3.63, 3.8) is 0 Å². The third-order valence-electron chi connectivity index (χ3n) is 5.08. The van der Waals surface area contributed by atoms with Crippen LogP contribution in [0.1, 0.15) is 32.1 Å². The Morgan fingerprint density at radius 2 is 1.94 bits per heavy atom. The summed E-state index contributed by atoms with van der Waals surface area (Å²) in [5.41, 5.74) is -0.421. The second kappa shape index (κ2) is 4.42. The Morgan fingerprint density at radius 3 is 2.56 bits per heavy atom. The fourth-order valence-electron chi connectivity index (χ4n) is 4.26. The second-order valence-corrected chi connectivity index (χ2v) is 7.25. The first-order chi connectivity index (χ1) is 8.55. The van der Waals surface area contributed by atoms with Crippen LogP contribution in [0.3, 0.4) is 0 Å². The summed E-state index contributed by atoms with van der Waals surface area (Å²) in [5.74, 6) is 0.361. The van der Waals surface area contributed by atoms with Crippen molar-refractivity contribution in [3.8, 4) is 0 Å². The van der Waals surface area contributed by atoms with E-state index in [1.54, 1.807) is 0 Å². The van der Waals surface area contributed by atoms with Crippen LogP contribution in [0.4, 0.5) is 3.89 Å². The SMILES string of the molecule is O=S(=O)(F)C1CC2CCCCC21N1CCOCC1. The summed E-state index contributed by atoms with van der Waals surface area (Å²) in [6.07, 6.45) is 4.54. The van der Waals surface area contributed by atoms with Gasteiger partial charge in [0.1, 0.15) is 5.25 Å². The molecule has 1 aliphatic heterocycles. The summed E-state index contributed by atoms with van der Waals surface area (Å²) in [6, 6.07) is 0. The number of halogens is 1. The monoisotopic (exact) mass is 277 g/mol. The Hall–Kier alpha value is -0.200. The Morgan fingerprint density at radius 1 is 1.22 bits per heavy atom. The number of fused-ring (bicyclic) bond motifs is 1. The fourth-order valence-corrected chi connectivity index (χ4v) is 5.67. The van der Waals surface area contributed by atoms with E-state index < -0.39 is 21.0 Å². The molecule has 3 aliphatic rings. The van der Waals surface area contributed by atoms with Crippen LogP contribution >= 0.6 is 0 Å². The van der Waals surface area contributed by atoms with Crippen molar-refractivity contribution in [3.05, 3.63) is 0 Å². The number of ether oxygens (including phenoxy) is 1. The van der Waals surface area contributed by atoms with E-state index in [1.165, 1.54) is 0 Å². The van der Waals surface area contributed by atoms with E-state index in [4.69, 9.17) is 4.74 Å². The summed E-state index contributed by atoms with van der Waals surface area (Å²) >= 11 is 0. The van der Waals surface area contributed by atoms with Crippen LogP contribution in [0.15, 0.2) is 0 Å². The van der Waals surface area contributed by atoms with Gasteiger partial charge >= 0.3 is 10.2 Å². The van der Waals surface area contributed by atoms with Gasteiger partial charge in [0, 0.05) is 18.6 Å². The van der Waals surface area contributed by atoms with Gasteiger partial charge in [0.05, 0.1) is 13.2 Å². The zero-order valence-electron chi connectivity index (χ0n) is 10.5. The third-order valence-corrected chi connectivity index (χ3v) is 6.36. The van der Waals surface area contributed by atoms with E-state index in [9.17, 15) is 12.3 Å². The molecule has 3 rings (SSSR count). The van der Waals surface area contributed by atoms with Gasteiger partial charge in [-0.15, -0.1) is 3.89 Å². The lowest BCUT2D eigenvalue weighted by atomic mass is 9.58. The molecule has 3 unspecified atom stereocenters. The Bertz CT molecular complexity index is 421. The predicted octanol–water partition coefficient (Wildman–Crippen LogP) is 1.32. The maximum Gasteiger partial charge on any atom is 0.307 e. The van der Waals surface area contributed by atoms with E-state index in [0.717, 1.165) is 38.8 Å². The van der Waals surface area contributed by atoms with Gasteiger partial charge in [-0.05, 0) is 25.2 Å². The minimum atomic E-state index is -4.43. The molecule has 0 N–H and O–H groups in total. The second-order valence-electron chi connectivity index (χ2n) is 5.73. The number of hydrogen-bond donors (Lipinski definition) is 0. The predicted molar refractivity (Wildman–Crippen MR) is 65.5 cm³/mol. The normalized spacial score (nSPS) is 42.1. The van der Waals surface area contributed by atoms with E-state index in [2.05, 4.69) is 4.90 Å². The van der Waals surface area contributed by atoms with Crippen LogP contribution in [0, 0.1) is 5.92 Å². The number of nitrogens with zero attached hydrogens (tertiary/aromatic N) is 1. The Balaban J connectivity index is 1.90. The average Bonchev–Trinajstić information content (AvgIpc) is 2.30. The highest BCUT2D eigenvalue weighted by Gasteiger charge is 2.63. The molecule has 0 aromatic heterocycles. The summed E-state index contributed by atoms with van der Waals surface area (Å²) in [5, 5.41) is -0.798. The lowest BCUT2D eigenvalue weighted by molar-refractivity contribution is -0.108. The Kier molecular flexibility index (Phi) is 3.15. The lowest BCUT2D eigenvalue weighted by Crippen LogP contribution is -2.73. The van der Waals surface area contributed by atoms with Crippen LogP contribution in [-0.2, 0) is 15.0 Å². The molecule has 0 bridgehead atoms. The minimum absolute atomic E-state index is 0.361. The molecule has 0 radical (unpaired) electrons. The average molecular weight is 277 g/mol. The highest BCUT2D eigenvalue weighted by Crippen LogP contribution is 2.55. The van der Waals surface area contributed by atoms with Crippen molar-refractivity contribution in [1.29, 1.82) is 0 Å². The van der Waals surface area contributed by atoms with E-state index in [1.807, 2.05) is 0 Å². The summed E-state index contributed by atoms with van der Waals surface area (Å²) < 4.78 is 41.6. The molecule has 3 fully saturated rings. The summed E-state index contributed by atoms with van der Waals surface area (Å²) in [4.78, 5) is 2.20. The first kappa shape index (κ1) is 12.8. The molecule has 18 heavy (non-hydrogen) atoms. The van der Waals surface area contributed by atoms with Gasteiger partial charge in [-0.1, -0.05) is 12.8 Å². The van der Waals surface area contributed by atoms with Gasteiger partial charge in [0.25, 0.3) is 0 Å². The molecule has 104 valence electrons. The molecule has 0 aromatic rings. The van der Waals surface area contributed by atoms with Crippen molar-refractivity contribution in [2.45, 2.75) is 42.9 Å². The van der Waals surface area contributed by atoms with E-state index in [0.29, 0.717) is 25.6 Å². The largest absolute Gasteiger partial charge is 0.379 e. The van der Waals surface area contributed by atoms with Crippen molar-refractivity contribution in [2.24, 2.45) is 5.92 Å². The van der Waals surface area contributed by atoms with E-state index >= 15 is 0 Å². The zero-order valence-corrected chi connectivity index (χ0v) is 11.3. The maximum absolute atomic E-state index is 13.5. The lowest BCUT2D eigenvalue weighted by Gasteiger charge is -2.62. The van der Waals surface area contributed by atoms with Crippen molar-refractivity contribution in [2.75, 3.05) is 26.3 Å². The van der Waals surface area contributed by atoms with Gasteiger partial charge in [-0.2, -0.15) is 8.42 Å². The Labute approximate surface area is 108 Å². The molecule has 6 heteroatoms. The number of morpholine rings is 1. The summed E-state index contributed by atoms with van der Waals surface area (Å²) in [6.45, 7) is 2.74. The highest BCUT2D eigenvalue weighted by atomic mass is 32.3. The van der Waals surface area contributed by atoms with Crippen LogP contribution < -0.4 is 0 Å². The maximum atomic E-state index is 13.5. The molecular formula is C12H20FNO3S. The molecule has 0 aromatic carbocycles. The number of rotatable bonds is 2. The van der Waals surface area contributed by atoms with Crippen molar-refractivity contribution in [1.82, 2.24) is 4.90 Å². The first-order valence-corrected chi connectivity index (χ1v) is 8.26. The first-order valence-electron chi connectivity index (χ1n) is 6.81. The molecule has 3 atom stereocenters. The zero-order chi connectivity index (χ0) is 12.8. The van der Waals surface area contributed by atoms with Gasteiger partial charge in [-0.3, -0.25) is 4.90 Å². The molecule has 4 nitrogen and oxygen atoms in total. The minimum Gasteiger partial charge on any atom is -0.379 e. The molecule has 2 aliphatic carbocycles. The smallest absolute Gasteiger partial charge is 0.307 e. The fraction of sp³-hybridized carbons (Fsp3) is 1.00. The van der Waals surface area contributed by atoms with Crippen LogP contribution in [0.2, 0.25) is 0 Å². The van der Waals surface area contributed by atoms with Gasteiger partial charge in [0.2, 0.25) is 0 Å². The van der Waals surface area contributed by atoms with Crippen LogP contribution in [-0.4, -0.2) is 50.4 Å². The topological polar surface area (TPSA) is 46.6 Å². The number of hydrogen-bond acceptors (Lipinski definition) is 4. The summed E-state index contributed by atoms with van der Waals surface area (Å²) in [7, 11) is -4.43. The quantitative estimate of drug-likeness (QED) is 0.714. The molecular weight excluding hydrogens is 257 g/mol. The standard InChI is InChI=1S/C12H20FNO3S/c13-18(15,16)11-9-10-3-1-2-4-12(10,11)14-5-7-17-8-6-14/h10-11H,1-9H2. The van der Waals surface area contributed by atoms with Crippen LogP contribution in [0.5, 0.6) is 0 Å². The molecule has 0 spiro atoms. The van der Waals surface area contributed by atoms with Gasteiger partial charge in [0.15, 0.2) is 0 Å². The van der Waals surface area contributed by atoms with Crippen molar-refractivity contribution >= 4 is 10.2 Å². The van der Waals surface area contributed by atoms with Crippen LogP contribution in [0.25, 0.3) is 0 Å². The van der Waals surface area contributed by atoms with Gasteiger partial charge < -0.3 is 4.74 Å². The third kappa shape index (κ3) is 1.80. The molecule has 2 saturated carbocycles.